The predicted octanol–water partition coefficient (Wildman–Crippen LogP) is 5.83. The van der Waals surface area contributed by atoms with Gasteiger partial charge >= 0.3 is 6.09 Å². The number of ether oxygens (including phenoxy) is 3. The topological polar surface area (TPSA) is 80.3 Å². The van der Waals surface area contributed by atoms with Crippen LogP contribution in [0.1, 0.15) is 59.6 Å². The summed E-state index contributed by atoms with van der Waals surface area (Å²) in [6.07, 6.45) is 1.03. The van der Waals surface area contributed by atoms with E-state index < -0.39 is 12.4 Å². The van der Waals surface area contributed by atoms with Crippen molar-refractivity contribution in [3.63, 3.8) is 0 Å². The number of carbonyl (C=O) groups is 1. The molecule has 0 unspecified atom stereocenters. The van der Waals surface area contributed by atoms with E-state index in [1.54, 1.807) is 0 Å². The summed E-state index contributed by atoms with van der Waals surface area (Å²) in [6, 6.07) is 26.5. The van der Waals surface area contributed by atoms with Gasteiger partial charge in [0.1, 0.15) is 6.61 Å². The number of aliphatic hydroxyl groups excluding tert-OH is 1. The Morgan fingerprint density at radius 1 is 1.05 bits per heavy atom. The van der Waals surface area contributed by atoms with E-state index in [9.17, 15) is 9.90 Å². The van der Waals surface area contributed by atoms with Crippen molar-refractivity contribution >= 4 is 6.09 Å². The summed E-state index contributed by atoms with van der Waals surface area (Å²) in [5, 5.41) is 12.2. The van der Waals surface area contributed by atoms with Gasteiger partial charge in [-0.3, -0.25) is 4.90 Å². The average molecular weight is 531 g/mol. The van der Waals surface area contributed by atoms with Gasteiger partial charge in [0.25, 0.3) is 0 Å². The normalized spacial score (nSPS) is 19.8. The van der Waals surface area contributed by atoms with Crippen LogP contribution >= 0.6 is 0 Å². The molecule has 0 aliphatic carbocycles. The van der Waals surface area contributed by atoms with Crippen molar-refractivity contribution in [3.8, 4) is 0 Å². The van der Waals surface area contributed by atoms with Crippen molar-refractivity contribution in [3.05, 3.63) is 119 Å². The van der Waals surface area contributed by atoms with Gasteiger partial charge in [-0.1, -0.05) is 91.5 Å². The number of benzene rings is 3. The lowest BCUT2D eigenvalue weighted by atomic mass is 9.99. The van der Waals surface area contributed by atoms with Gasteiger partial charge in [-0.05, 0) is 36.2 Å². The Labute approximate surface area is 231 Å². The van der Waals surface area contributed by atoms with Crippen LogP contribution in [0.2, 0.25) is 0 Å². The highest BCUT2D eigenvalue weighted by molar-refractivity contribution is 5.67. The summed E-state index contributed by atoms with van der Waals surface area (Å²) >= 11 is 0. The van der Waals surface area contributed by atoms with Crippen molar-refractivity contribution < 1.29 is 24.1 Å². The van der Waals surface area contributed by atoms with Crippen LogP contribution < -0.4 is 5.32 Å². The first-order valence-corrected chi connectivity index (χ1v) is 13.3. The van der Waals surface area contributed by atoms with Crippen LogP contribution in [-0.2, 0) is 27.4 Å². The molecular formula is C32H38N2O5. The van der Waals surface area contributed by atoms with Gasteiger partial charge in [-0.2, -0.15) is 0 Å². The number of aliphatic hydroxyl groups is 1. The molecule has 0 bridgehead atoms. The maximum atomic E-state index is 11.7. The number of alkyl carbamates (subject to hydrolysis) is 1. The van der Waals surface area contributed by atoms with Crippen LogP contribution in [0.3, 0.4) is 0 Å². The fourth-order valence-corrected chi connectivity index (χ4v) is 4.65. The first-order chi connectivity index (χ1) is 19.0. The molecule has 0 saturated carbocycles. The predicted molar refractivity (Wildman–Crippen MR) is 151 cm³/mol. The van der Waals surface area contributed by atoms with E-state index in [0.717, 1.165) is 35.2 Å². The number of nitrogens with zero attached hydrogens (tertiary/aromatic N) is 1. The number of carbonyl (C=O) groups excluding carboxylic acids is 1. The smallest absolute Gasteiger partial charge is 0.407 e. The van der Waals surface area contributed by atoms with E-state index in [0.29, 0.717) is 6.54 Å². The Morgan fingerprint density at radius 2 is 1.72 bits per heavy atom. The summed E-state index contributed by atoms with van der Waals surface area (Å²) in [5.74, 6) is 0. The van der Waals surface area contributed by atoms with Crippen LogP contribution in [0.15, 0.2) is 91.5 Å². The second-order valence-electron chi connectivity index (χ2n) is 9.86. The highest BCUT2D eigenvalue weighted by atomic mass is 16.7. The highest BCUT2D eigenvalue weighted by Gasteiger charge is 2.33. The van der Waals surface area contributed by atoms with Crippen LogP contribution in [0.5, 0.6) is 0 Å². The van der Waals surface area contributed by atoms with Gasteiger partial charge in [0, 0.05) is 31.1 Å². The highest BCUT2D eigenvalue weighted by Crippen LogP contribution is 2.38. The van der Waals surface area contributed by atoms with Gasteiger partial charge in [-0.25, -0.2) is 4.79 Å². The van der Waals surface area contributed by atoms with E-state index in [2.05, 4.69) is 55.0 Å². The van der Waals surface area contributed by atoms with Crippen molar-refractivity contribution in [2.45, 2.75) is 51.0 Å². The lowest BCUT2D eigenvalue weighted by Gasteiger charge is -2.39. The molecule has 4 rings (SSSR count). The van der Waals surface area contributed by atoms with E-state index in [1.807, 2.05) is 54.6 Å². The van der Waals surface area contributed by atoms with Crippen LogP contribution in [-0.4, -0.2) is 42.4 Å². The number of amides is 1. The van der Waals surface area contributed by atoms with Gasteiger partial charge in [0.05, 0.1) is 18.8 Å². The molecule has 7 nitrogen and oxygen atoms in total. The Balaban J connectivity index is 1.47. The van der Waals surface area contributed by atoms with Crippen LogP contribution in [0, 0.1) is 0 Å². The molecule has 0 aromatic heterocycles. The van der Waals surface area contributed by atoms with E-state index in [-0.39, 0.29) is 31.5 Å². The minimum Gasteiger partial charge on any atom is -0.445 e. The van der Waals surface area contributed by atoms with E-state index in [1.165, 1.54) is 11.6 Å². The maximum absolute atomic E-state index is 11.7. The monoisotopic (exact) mass is 530 g/mol. The fourth-order valence-electron chi connectivity index (χ4n) is 4.65. The summed E-state index contributed by atoms with van der Waals surface area (Å²) in [6.45, 7) is 7.03. The molecule has 1 amide bonds. The Morgan fingerprint density at radius 3 is 2.38 bits per heavy atom. The SMILES string of the molecule is C=CCOC(=O)NCc1ccc([C@H]2O[C@@H](CN(C)[C@@H](C)c3ccccc3)C[C@@H](c3ccc(CO)cc3)O2)cc1. The molecule has 39 heavy (non-hydrogen) atoms. The molecular weight excluding hydrogens is 492 g/mol. The lowest BCUT2D eigenvalue weighted by Crippen LogP contribution is -2.38. The quantitative estimate of drug-likeness (QED) is 0.304. The number of nitrogens with one attached hydrogen (secondary N) is 1. The molecule has 1 saturated heterocycles. The average Bonchev–Trinajstić information content (AvgIpc) is 2.99. The second kappa shape index (κ2) is 14.1. The van der Waals surface area contributed by atoms with Gasteiger partial charge in [0.15, 0.2) is 6.29 Å². The largest absolute Gasteiger partial charge is 0.445 e. The number of likely N-dealkylation sites (N-methyl/N-ethyl adjacent to an activating group) is 1. The molecule has 1 aliphatic rings. The first-order valence-electron chi connectivity index (χ1n) is 13.3. The molecule has 1 fully saturated rings. The summed E-state index contributed by atoms with van der Waals surface area (Å²) in [4.78, 5) is 14.0. The summed E-state index contributed by atoms with van der Waals surface area (Å²) < 4.78 is 17.9. The van der Waals surface area contributed by atoms with Crippen molar-refractivity contribution in [1.82, 2.24) is 10.2 Å². The third kappa shape index (κ3) is 8.00. The third-order valence-electron chi connectivity index (χ3n) is 7.07. The van der Waals surface area contributed by atoms with Crippen molar-refractivity contribution in [1.29, 1.82) is 0 Å². The van der Waals surface area contributed by atoms with Crippen molar-refractivity contribution in [2.75, 3.05) is 20.2 Å². The van der Waals surface area contributed by atoms with Crippen LogP contribution in [0.25, 0.3) is 0 Å². The number of rotatable bonds is 11. The fraction of sp³-hybridized carbons (Fsp3) is 0.344. The molecule has 3 aromatic rings. The second-order valence-corrected chi connectivity index (χ2v) is 9.86. The minimum absolute atomic E-state index is 0.00944. The third-order valence-corrected chi connectivity index (χ3v) is 7.07. The summed E-state index contributed by atoms with van der Waals surface area (Å²) in [5.41, 5.74) is 5.04. The van der Waals surface area contributed by atoms with Gasteiger partial charge in [-0.15, -0.1) is 0 Å². The summed E-state index contributed by atoms with van der Waals surface area (Å²) in [7, 11) is 2.12. The number of hydrogen-bond donors (Lipinski definition) is 2. The molecule has 2 N–H and O–H groups in total. The molecule has 4 atom stereocenters. The molecule has 1 aliphatic heterocycles. The van der Waals surface area contributed by atoms with Crippen LogP contribution in [0.4, 0.5) is 4.79 Å². The number of hydrogen-bond acceptors (Lipinski definition) is 6. The van der Waals surface area contributed by atoms with Crippen molar-refractivity contribution in [2.24, 2.45) is 0 Å². The molecule has 3 aromatic carbocycles. The Bertz CT molecular complexity index is 1180. The molecule has 0 radical (unpaired) electrons. The molecule has 206 valence electrons. The van der Waals surface area contributed by atoms with Gasteiger partial charge in [0.2, 0.25) is 0 Å². The zero-order valence-corrected chi connectivity index (χ0v) is 22.7. The first kappa shape index (κ1) is 28.5. The van der Waals surface area contributed by atoms with E-state index in [4.69, 9.17) is 14.2 Å². The van der Waals surface area contributed by atoms with E-state index >= 15 is 0 Å². The molecule has 7 heteroatoms. The Kier molecular flexibility index (Phi) is 10.3. The zero-order valence-electron chi connectivity index (χ0n) is 22.7. The Hall–Kier alpha value is -3.49. The molecule has 1 heterocycles. The maximum Gasteiger partial charge on any atom is 0.407 e. The lowest BCUT2D eigenvalue weighted by molar-refractivity contribution is -0.253. The molecule has 0 spiro atoms. The zero-order chi connectivity index (χ0) is 27.6. The van der Waals surface area contributed by atoms with Gasteiger partial charge < -0.3 is 24.6 Å². The standard InChI is InChI=1S/C32H38N2O5/c1-4-18-37-32(36)33-20-24-10-16-28(17-11-24)31-38-29(21-34(3)23(2)26-8-6-5-7-9-26)19-30(39-31)27-14-12-25(22-35)13-15-27/h4-17,23,29-31,35H,1,18-22H2,2-3H3,(H,33,36)/t23-,29+,30-,31-/m0/s1. The minimum atomic E-state index is -0.536.